The molecule has 1 N–H and O–H groups in total. The number of benzene rings is 1. The van der Waals surface area contributed by atoms with Crippen molar-refractivity contribution >= 4 is 22.6 Å². The summed E-state index contributed by atoms with van der Waals surface area (Å²) in [6.07, 6.45) is 1.47. The van der Waals surface area contributed by atoms with Crippen molar-refractivity contribution in [2.45, 2.75) is 6.54 Å². The Kier molecular flexibility index (Phi) is 2.28. The van der Waals surface area contributed by atoms with Gasteiger partial charge in [0.25, 0.3) is 5.69 Å². The molecule has 0 spiro atoms. The van der Waals surface area contributed by atoms with Crippen molar-refractivity contribution in [2.24, 2.45) is 0 Å². The van der Waals surface area contributed by atoms with Crippen LogP contribution in [0.5, 0.6) is 0 Å². The second-order valence-corrected chi connectivity index (χ2v) is 3.20. The number of carboxylic acids is 1. The van der Waals surface area contributed by atoms with Crippen LogP contribution in [0.25, 0.3) is 10.9 Å². The van der Waals surface area contributed by atoms with E-state index in [4.69, 9.17) is 5.11 Å². The molecule has 0 saturated carbocycles. The summed E-state index contributed by atoms with van der Waals surface area (Å²) in [5.41, 5.74) is 0.358. The third-order valence-electron chi connectivity index (χ3n) is 2.12. The van der Waals surface area contributed by atoms with Crippen LogP contribution < -0.4 is 0 Å². The van der Waals surface area contributed by atoms with Crippen molar-refractivity contribution in [2.75, 3.05) is 0 Å². The fourth-order valence-corrected chi connectivity index (χ4v) is 1.43. The minimum absolute atomic E-state index is 0.0837. The van der Waals surface area contributed by atoms with Crippen LogP contribution in [0.4, 0.5) is 5.69 Å². The highest BCUT2D eigenvalue weighted by Crippen LogP contribution is 2.20. The van der Waals surface area contributed by atoms with E-state index in [1.54, 1.807) is 6.07 Å². The molecule has 0 saturated heterocycles. The van der Waals surface area contributed by atoms with Gasteiger partial charge in [-0.1, -0.05) is 0 Å². The van der Waals surface area contributed by atoms with E-state index in [9.17, 15) is 14.9 Å². The van der Waals surface area contributed by atoms with E-state index in [2.05, 4.69) is 5.10 Å². The molecule has 1 aromatic carbocycles. The molecule has 0 unspecified atom stereocenters. The molecule has 16 heavy (non-hydrogen) atoms. The Hall–Kier alpha value is -2.44. The molecular formula is C9H7N3O4. The van der Waals surface area contributed by atoms with Gasteiger partial charge in [0, 0.05) is 17.5 Å². The van der Waals surface area contributed by atoms with Crippen LogP contribution in [0.3, 0.4) is 0 Å². The highest BCUT2D eigenvalue weighted by Gasteiger charge is 2.11. The zero-order valence-corrected chi connectivity index (χ0v) is 8.03. The highest BCUT2D eigenvalue weighted by molar-refractivity contribution is 5.82. The predicted molar refractivity (Wildman–Crippen MR) is 54.0 cm³/mol. The number of hydrogen-bond donors (Lipinski definition) is 1. The van der Waals surface area contributed by atoms with Gasteiger partial charge in [0.1, 0.15) is 6.54 Å². The van der Waals surface area contributed by atoms with Gasteiger partial charge in [-0.2, -0.15) is 5.10 Å². The van der Waals surface area contributed by atoms with Crippen molar-refractivity contribution in [3.8, 4) is 0 Å². The molecule has 0 amide bonds. The van der Waals surface area contributed by atoms with Gasteiger partial charge in [-0.25, -0.2) is 0 Å². The van der Waals surface area contributed by atoms with Gasteiger partial charge in [0.05, 0.1) is 16.6 Å². The number of hydrogen-bond acceptors (Lipinski definition) is 4. The van der Waals surface area contributed by atoms with Gasteiger partial charge < -0.3 is 5.11 Å². The van der Waals surface area contributed by atoms with Gasteiger partial charge in [-0.15, -0.1) is 0 Å². The molecule has 0 radical (unpaired) electrons. The minimum atomic E-state index is -1.04. The maximum atomic E-state index is 10.6. The summed E-state index contributed by atoms with van der Waals surface area (Å²) < 4.78 is 1.21. The summed E-state index contributed by atoms with van der Waals surface area (Å²) >= 11 is 0. The normalized spacial score (nSPS) is 10.5. The molecule has 0 atom stereocenters. The maximum absolute atomic E-state index is 10.6. The topological polar surface area (TPSA) is 98.3 Å². The summed E-state index contributed by atoms with van der Waals surface area (Å²) in [7, 11) is 0. The Morgan fingerprint density at radius 1 is 1.56 bits per heavy atom. The number of fused-ring (bicyclic) bond motifs is 1. The third-order valence-corrected chi connectivity index (χ3v) is 2.12. The van der Waals surface area contributed by atoms with Crippen molar-refractivity contribution < 1.29 is 14.8 Å². The fraction of sp³-hybridized carbons (Fsp3) is 0.111. The summed E-state index contributed by atoms with van der Waals surface area (Å²) in [5.74, 6) is -1.04. The molecule has 0 fully saturated rings. The first-order valence-electron chi connectivity index (χ1n) is 4.39. The van der Waals surface area contributed by atoms with E-state index in [0.717, 1.165) is 0 Å². The van der Waals surface area contributed by atoms with Crippen LogP contribution in [0.2, 0.25) is 0 Å². The molecule has 0 bridgehead atoms. The van der Waals surface area contributed by atoms with Crippen molar-refractivity contribution in [1.82, 2.24) is 9.78 Å². The lowest BCUT2D eigenvalue weighted by Crippen LogP contribution is -2.09. The van der Waals surface area contributed by atoms with Gasteiger partial charge in [0.15, 0.2) is 0 Å². The second kappa shape index (κ2) is 3.61. The first-order chi connectivity index (χ1) is 7.58. The Balaban J connectivity index is 2.55. The molecule has 0 aliphatic carbocycles. The molecule has 1 aromatic heterocycles. The number of aromatic nitrogens is 2. The minimum Gasteiger partial charge on any atom is -0.480 e. The maximum Gasteiger partial charge on any atom is 0.325 e. The Bertz CT molecular complexity index is 575. The van der Waals surface area contributed by atoms with E-state index >= 15 is 0 Å². The monoisotopic (exact) mass is 221 g/mol. The van der Waals surface area contributed by atoms with Crippen LogP contribution in [-0.4, -0.2) is 25.8 Å². The number of rotatable bonds is 3. The predicted octanol–water partition coefficient (Wildman–Crippen LogP) is 1.03. The lowest BCUT2D eigenvalue weighted by atomic mass is 10.2. The summed E-state index contributed by atoms with van der Waals surface area (Å²) in [6.45, 7) is -0.315. The van der Waals surface area contributed by atoms with Crippen molar-refractivity contribution in [3.63, 3.8) is 0 Å². The standard InChI is InChI=1S/C9H7N3O4/c13-9(14)5-11-8-3-7(12(15)16)2-1-6(8)4-10-11/h1-4H,5H2,(H,13,14). The number of nitrogens with zero attached hydrogens (tertiary/aromatic N) is 3. The Morgan fingerprint density at radius 2 is 2.31 bits per heavy atom. The van der Waals surface area contributed by atoms with Crippen molar-refractivity contribution in [1.29, 1.82) is 0 Å². The van der Waals surface area contributed by atoms with Gasteiger partial charge in [-0.3, -0.25) is 19.6 Å². The Morgan fingerprint density at radius 3 is 2.94 bits per heavy atom. The van der Waals surface area contributed by atoms with E-state index in [-0.39, 0.29) is 12.2 Å². The quantitative estimate of drug-likeness (QED) is 0.616. The van der Waals surface area contributed by atoms with Crippen LogP contribution >= 0.6 is 0 Å². The zero-order valence-electron chi connectivity index (χ0n) is 8.03. The van der Waals surface area contributed by atoms with Crippen LogP contribution in [0, 0.1) is 10.1 Å². The van der Waals surface area contributed by atoms with E-state index in [1.807, 2.05) is 0 Å². The largest absolute Gasteiger partial charge is 0.480 e. The number of non-ortho nitro benzene ring substituents is 1. The second-order valence-electron chi connectivity index (χ2n) is 3.20. The lowest BCUT2D eigenvalue weighted by molar-refractivity contribution is -0.384. The molecule has 0 aliphatic rings. The molecule has 7 nitrogen and oxygen atoms in total. The average Bonchev–Trinajstić information content (AvgIpc) is 2.60. The molecular weight excluding hydrogens is 214 g/mol. The first-order valence-corrected chi connectivity index (χ1v) is 4.39. The SMILES string of the molecule is O=C(O)Cn1ncc2ccc([N+](=O)[O-])cc21. The number of aliphatic carboxylic acids is 1. The Labute approximate surface area is 89.1 Å². The number of nitro groups is 1. The first kappa shape index (κ1) is 10.1. The van der Waals surface area contributed by atoms with Gasteiger partial charge in [-0.05, 0) is 6.07 Å². The third kappa shape index (κ3) is 1.70. The fourth-order valence-electron chi connectivity index (χ4n) is 1.43. The van der Waals surface area contributed by atoms with Gasteiger partial charge >= 0.3 is 5.97 Å². The highest BCUT2D eigenvalue weighted by atomic mass is 16.6. The molecule has 2 rings (SSSR count). The number of nitro benzene ring substituents is 1. The van der Waals surface area contributed by atoms with E-state index < -0.39 is 10.9 Å². The van der Waals surface area contributed by atoms with E-state index in [1.165, 1.54) is 23.0 Å². The van der Waals surface area contributed by atoms with Crippen LogP contribution in [0.1, 0.15) is 0 Å². The molecule has 0 aliphatic heterocycles. The summed E-state index contributed by atoms with van der Waals surface area (Å²) in [6, 6.07) is 4.21. The van der Waals surface area contributed by atoms with Crippen molar-refractivity contribution in [3.05, 3.63) is 34.5 Å². The zero-order chi connectivity index (χ0) is 11.7. The lowest BCUT2D eigenvalue weighted by Gasteiger charge is -1.98. The van der Waals surface area contributed by atoms with Crippen LogP contribution in [0.15, 0.2) is 24.4 Å². The van der Waals surface area contributed by atoms with Gasteiger partial charge in [0.2, 0.25) is 0 Å². The molecule has 82 valence electrons. The average molecular weight is 221 g/mol. The van der Waals surface area contributed by atoms with E-state index in [0.29, 0.717) is 10.9 Å². The molecule has 2 aromatic rings. The smallest absolute Gasteiger partial charge is 0.325 e. The summed E-state index contributed by atoms with van der Waals surface area (Å²) in [5, 5.41) is 23.7. The molecule has 1 heterocycles. The number of carbonyl (C=O) groups is 1. The number of carboxylic acid groups (broad SMARTS) is 1. The van der Waals surface area contributed by atoms with Crippen LogP contribution in [-0.2, 0) is 11.3 Å². The molecule has 7 heteroatoms. The summed E-state index contributed by atoms with van der Waals surface area (Å²) in [4.78, 5) is 20.6.